The van der Waals surface area contributed by atoms with E-state index in [1.807, 2.05) is 0 Å². The van der Waals surface area contributed by atoms with Gasteiger partial charge in [0.25, 0.3) is 17.5 Å². The van der Waals surface area contributed by atoms with Crippen LogP contribution in [-0.2, 0) is 4.79 Å². The first kappa shape index (κ1) is 18.4. The summed E-state index contributed by atoms with van der Waals surface area (Å²) in [5, 5.41) is 10.7. The summed E-state index contributed by atoms with van der Waals surface area (Å²) >= 11 is 3.29. The Balaban J connectivity index is 1.90. The van der Waals surface area contributed by atoms with Gasteiger partial charge in [-0.25, -0.2) is 0 Å². The minimum Gasteiger partial charge on any atom is -0.481 e. The van der Waals surface area contributed by atoms with E-state index in [9.17, 15) is 19.7 Å². The molecule has 0 spiro atoms. The van der Waals surface area contributed by atoms with Gasteiger partial charge in [0, 0.05) is 22.2 Å². The predicted molar refractivity (Wildman–Crippen MR) is 92.9 cm³/mol. The largest absolute Gasteiger partial charge is 0.481 e. The number of nitro groups is 1. The van der Waals surface area contributed by atoms with Crippen molar-refractivity contribution in [3.8, 4) is 5.75 Å². The van der Waals surface area contributed by atoms with E-state index in [1.54, 1.807) is 24.3 Å². The maximum Gasteiger partial charge on any atom is 0.279 e. The lowest BCUT2D eigenvalue weighted by molar-refractivity contribution is -0.384. The molecule has 0 radical (unpaired) electrons. The molecule has 2 N–H and O–H groups in total. The van der Waals surface area contributed by atoms with E-state index in [0.29, 0.717) is 5.75 Å². The molecule has 2 amide bonds. The second-order valence-corrected chi connectivity index (χ2v) is 5.88. The molecule has 0 aliphatic carbocycles. The third kappa shape index (κ3) is 5.28. The topological polar surface area (TPSA) is 111 Å². The molecule has 9 heteroatoms. The lowest BCUT2D eigenvalue weighted by Crippen LogP contribution is -2.47. The molecule has 0 heterocycles. The minimum atomic E-state index is -0.855. The fourth-order valence-corrected chi connectivity index (χ4v) is 2.09. The van der Waals surface area contributed by atoms with Gasteiger partial charge in [-0.15, -0.1) is 0 Å². The fourth-order valence-electron chi connectivity index (χ4n) is 1.82. The zero-order valence-corrected chi connectivity index (χ0v) is 14.6. The zero-order chi connectivity index (χ0) is 18.4. The van der Waals surface area contributed by atoms with Gasteiger partial charge in [-0.05, 0) is 37.3 Å². The van der Waals surface area contributed by atoms with Crippen LogP contribution < -0.4 is 15.6 Å². The highest BCUT2D eigenvalue weighted by atomic mass is 79.9. The normalized spacial score (nSPS) is 11.3. The molecule has 2 aromatic carbocycles. The Hall–Kier alpha value is -2.94. The number of amides is 2. The summed E-state index contributed by atoms with van der Waals surface area (Å²) < 4.78 is 6.32. The second-order valence-electron chi connectivity index (χ2n) is 4.96. The highest BCUT2D eigenvalue weighted by Crippen LogP contribution is 2.17. The first-order valence-corrected chi connectivity index (χ1v) is 7.93. The van der Waals surface area contributed by atoms with Gasteiger partial charge in [0.15, 0.2) is 6.10 Å². The lowest BCUT2D eigenvalue weighted by Gasteiger charge is -2.15. The summed E-state index contributed by atoms with van der Waals surface area (Å²) in [6.07, 6.45) is -0.855. The Labute approximate surface area is 151 Å². The van der Waals surface area contributed by atoms with E-state index in [4.69, 9.17) is 4.74 Å². The van der Waals surface area contributed by atoms with Crippen LogP contribution in [0.5, 0.6) is 5.75 Å². The molecule has 0 fully saturated rings. The smallest absolute Gasteiger partial charge is 0.279 e. The molecule has 25 heavy (non-hydrogen) atoms. The van der Waals surface area contributed by atoms with Crippen molar-refractivity contribution in [1.82, 2.24) is 10.9 Å². The van der Waals surface area contributed by atoms with E-state index in [1.165, 1.54) is 25.1 Å². The van der Waals surface area contributed by atoms with E-state index in [-0.39, 0.29) is 11.3 Å². The molecule has 130 valence electrons. The molecule has 8 nitrogen and oxygen atoms in total. The van der Waals surface area contributed by atoms with Crippen LogP contribution in [0.1, 0.15) is 17.3 Å². The van der Waals surface area contributed by atoms with Gasteiger partial charge in [0.1, 0.15) is 5.75 Å². The Morgan fingerprint density at radius 3 is 2.48 bits per heavy atom. The highest BCUT2D eigenvalue weighted by molar-refractivity contribution is 9.10. The first-order valence-electron chi connectivity index (χ1n) is 7.13. The number of halogens is 1. The van der Waals surface area contributed by atoms with Crippen molar-refractivity contribution >= 4 is 33.4 Å². The molecule has 0 unspecified atom stereocenters. The average molecular weight is 408 g/mol. The molecule has 0 bridgehead atoms. The van der Waals surface area contributed by atoms with Crippen LogP contribution in [0.2, 0.25) is 0 Å². The van der Waals surface area contributed by atoms with Crippen molar-refractivity contribution in [2.45, 2.75) is 13.0 Å². The van der Waals surface area contributed by atoms with Gasteiger partial charge < -0.3 is 4.74 Å². The first-order chi connectivity index (χ1) is 11.9. The van der Waals surface area contributed by atoms with Crippen LogP contribution >= 0.6 is 15.9 Å². The summed E-state index contributed by atoms with van der Waals surface area (Å²) in [5.41, 5.74) is 4.25. The molecule has 1 atom stereocenters. The number of hydrazine groups is 1. The number of carbonyl (C=O) groups excluding carboxylic acids is 2. The van der Waals surface area contributed by atoms with Gasteiger partial charge in [-0.3, -0.25) is 30.6 Å². The molecular weight excluding hydrogens is 394 g/mol. The number of nitrogens with one attached hydrogen (secondary N) is 2. The Morgan fingerprint density at radius 2 is 1.84 bits per heavy atom. The van der Waals surface area contributed by atoms with Crippen LogP contribution in [0, 0.1) is 10.1 Å². The maximum atomic E-state index is 12.0. The van der Waals surface area contributed by atoms with Gasteiger partial charge in [0.05, 0.1) is 4.92 Å². The van der Waals surface area contributed by atoms with Crippen LogP contribution in [0.4, 0.5) is 5.69 Å². The molecule has 2 aromatic rings. The SMILES string of the molecule is C[C@H](Oc1ccc(Br)cc1)C(=O)NNC(=O)c1cccc([N+](=O)[O-])c1. The monoisotopic (exact) mass is 407 g/mol. The molecule has 0 aromatic heterocycles. The highest BCUT2D eigenvalue weighted by Gasteiger charge is 2.17. The Morgan fingerprint density at radius 1 is 1.16 bits per heavy atom. The van der Waals surface area contributed by atoms with Crippen LogP contribution in [0.3, 0.4) is 0 Å². The third-order valence-electron chi connectivity index (χ3n) is 3.11. The van der Waals surface area contributed by atoms with E-state index >= 15 is 0 Å². The number of hydrogen-bond donors (Lipinski definition) is 2. The van der Waals surface area contributed by atoms with Crippen molar-refractivity contribution in [1.29, 1.82) is 0 Å². The third-order valence-corrected chi connectivity index (χ3v) is 3.64. The van der Waals surface area contributed by atoms with E-state index < -0.39 is 22.8 Å². The van der Waals surface area contributed by atoms with Crippen molar-refractivity contribution in [3.63, 3.8) is 0 Å². The summed E-state index contributed by atoms with van der Waals surface area (Å²) in [6, 6.07) is 12.1. The Kier molecular flexibility index (Phi) is 6.07. The molecule has 0 aliphatic heterocycles. The molecule has 2 rings (SSSR count). The number of benzene rings is 2. The van der Waals surface area contributed by atoms with Crippen LogP contribution in [-0.4, -0.2) is 22.8 Å². The zero-order valence-electron chi connectivity index (χ0n) is 13.1. The Bertz CT molecular complexity index is 795. The number of nitrogens with zero attached hydrogens (tertiary/aromatic N) is 1. The lowest BCUT2D eigenvalue weighted by atomic mass is 10.2. The number of non-ortho nitro benzene ring substituents is 1. The van der Waals surface area contributed by atoms with Crippen LogP contribution in [0.25, 0.3) is 0 Å². The van der Waals surface area contributed by atoms with Gasteiger partial charge in [0.2, 0.25) is 0 Å². The van der Waals surface area contributed by atoms with Crippen molar-refractivity contribution in [2.75, 3.05) is 0 Å². The van der Waals surface area contributed by atoms with Gasteiger partial charge in [-0.1, -0.05) is 22.0 Å². The second kappa shape index (κ2) is 8.25. The molecule has 0 saturated carbocycles. The molecular formula is C16H14BrN3O5. The molecule has 0 aliphatic rings. The number of nitro benzene ring substituents is 1. The van der Waals surface area contributed by atoms with Crippen molar-refractivity contribution in [2.24, 2.45) is 0 Å². The summed E-state index contributed by atoms with van der Waals surface area (Å²) in [6.45, 7) is 1.52. The number of rotatable bonds is 5. The fraction of sp³-hybridized carbons (Fsp3) is 0.125. The van der Waals surface area contributed by atoms with Gasteiger partial charge in [-0.2, -0.15) is 0 Å². The predicted octanol–water partition coefficient (Wildman–Crippen LogP) is 2.59. The van der Waals surface area contributed by atoms with Crippen molar-refractivity contribution < 1.29 is 19.2 Å². The van der Waals surface area contributed by atoms with E-state index in [0.717, 1.165) is 10.5 Å². The standard InChI is InChI=1S/C16H14BrN3O5/c1-10(25-14-7-5-12(17)6-8-14)15(21)18-19-16(22)11-3-2-4-13(9-11)20(23)24/h2-10H,1H3,(H,18,21)(H,19,22)/t10-/m0/s1. The summed E-state index contributed by atoms with van der Waals surface area (Å²) in [7, 11) is 0. The number of hydrogen-bond acceptors (Lipinski definition) is 5. The summed E-state index contributed by atoms with van der Waals surface area (Å²) in [5.74, 6) is -0.745. The average Bonchev–Trinajstić information content (AvgIpc) is 2.61. The number of carbonyl (C=O) groups is 2. The van der Waals surface area contributed by atoms with Crippen molar-refractivity contribution in [3.05, 3.63) is 68.7 Å². The maximum absolute atomic E-state index is 12.0. The summed E-state index contributed by atoms with van der Waals surface area (Å²) in [4.78, 5) is 34.0. The quantitative estimate of drug-likeness (QED) is 0.584. The number of ether oxygens (including phenoxy) is 1. The van der Waals surface area contributed by atoms with Crippen LogP contribution in [0.15, 0.2) is 53.0 Å². The van der Waals surface area contributed by atoms with E-state index in [2.05, 4.69) is 26.8 Å². The minimum absolute atomic E-state index is 0.0518. The van der Waals surface area contributed by atoms with Gasteiger partial charge >= 0.3 is 0 Å². The molecule has 0 saturated heterocycles.